The van der Waals surface area contributed by atoms with Gasteiger partial charge in [-0.2, -0.15) is 0 Å². The van der Waals surface area contributed by atoms with E-state index in [1.807, 2.05) is 121 Å². The number of para-hydroxylation sites is 1. The SMILES string of the molecule is [C-]#[N+]c1ccccc1-c1nc(-c2ccc(-c3ccc(-c4nc(-c5ccccc5)nc(-c5ccccc5)n4)cc3)cc2)nc(-c2ccc3ccccc3c2)n1. The topological polar surface area (TPSA) is 81.7 Å². The van der Waals surface area contributed by atoms with Crippen LogP contribution < -0.4 is 0 Å². The van der Waals surface area contributed by atoms with Crippen LogP contribution in [-0.4, -0.2) is 29.9 Å². The maximum Gasteiger partial charge on any atom is 0.198 e. The average Bonchev–Trinajstić information content (AvgIpc) is 3.26. The van der Waals surface area contributed by atoms with Crippen LogP contribution in [0.5, 0.6) is 0 Å². The summed E-state index contributed by atoms with van der Waals surface area (Å²) in [4.78, 5) is 33.0. The molecular formula is C47H29N7. The fraction of sp³-hybridized carbons (Fsp3) is 0. The van der Waals surface area contributed by atoms with E-state index in [-0.39, 0.29) is 0 Å². The molecule has 0 saturated heterocycles. The Kier molecular flexibility index (Phi) is 8.44. The Balaban J connectivity index is 1.06. The summed E-state index contributed by atoms with van der Waals surface area (Å²) in [6.07, 6.45) is 0. The molecule has 7 heteroatoms. The summed E-state index contributed by atoms with van der Waals surface area (Å²) in [5.74, 6) is 3.40. The molecule has 54 heavy (non-hydrogen) atoms. The number of benzene rings is 7. The monoisotopic (exact) mass is 691 g/mol. The summed E-state index contributed by atoms with van der Waals surface area (Å²) in [6.45, 7) is 7.76. The van der Waals surface area contributed by atoms with E-state index in [1.165, 1.54) is 0 Å². The van der Waals surface area contributed by atoms with E-state index in [1.54, 1.807) is 6.07 Å². The van der Waals surface area contributed by atoms with Gasteiger partial charge in [0.25, 0.3) is 0 Å². The van der Waals surface area contributed by atoms with Gasteiger partial charge in [-0.15, -0.1) is 0 Å². The molecule has 2 aromatic heterocycles. The van der Waals surface area contributed by atoms with E-state index in [0.29, 0.717) is 46.2 Å². The molecule has 0 amide bonds. The highest BCUT2D eigenvalue weighted by Crippen LogP contribution is 2.33. The highest BCUT2D eigenvalue weighted by atomic mass is 15.0. The Labute approximate surface area is 312 Å². The Morgan fingerprint density at radius 2 is 0.667 bits per heavy atom. The second kappa shape index (κ2) is 14.1. The molecule has 0 aliphatic rings. The standard InChI is InChI=1S/C47H29N7/c1-48-41-19-11-10-18-40(41)47-53-45(52-46(54-47)39-29-24-31-12-8-9-17-38(31)30-39)37-27-22-33(23-28-37)32-20-25-36(26-21-32)44-50-42(34-13-4-2-5-14-34)49-43(51-44)35-15-6-3-7-16-35/h2-30H. The van der Waals surface area contributed by atoms with Crippen molar-refractivity contribution in [2.24, 2.45) is 0 Å². The number of nitrogens with zero attached hydrogens (tertiary/aromatic N) is 7. The molecule has 9 rings (SSSR count). The van der Waals surface area contributed by atoms with Crippen molar-refractivity contribution in [3.05, 3.63) is 187 Å². The Bertz CT molecular complexity index is 2750. The molecule has 0 bridgehead atoms. The van der Waals surface area contributed by atoms with Crippen LogP contribution in [0.15, 0.2) is 176 Å². The fourth-order valence-corrected chi connectivity index (χ4v) is 6.40. The summed E-state index contributed by atoms with van der Waals surface area (Å²) >= 11 is 0. The average molecular weight is 692 g/mol. The Morgan fingerprint density at radius 1 is 0.296 bits per heavy atom. The zero-order valence-electron chi connectivity index (χ0n) is 28.9. The molecule has 0 radical (unpaired) electrons. The summed E-state index contributed by atoms with van der Waals surface area (Å²) in [6, 6.07) is 58.2. The van der Waals surface area contributed by atoms with E-state index >= 15 is 0 Å². The van der Waals surface area contributed by atoms with Crippen LogP contribution in [0.4, 0.5) is 5.69 Å². The van der Waals surface area contributed by atoms with E-state index in [9.17, 15) is 0 Å². The smallest absolute Gasteiger partial charge is 0.198 e. The summed E-state index contributed by atoms with van der Waals surface area (Å²) in [7, 11) is 0. The minimum absolute atomic E-state index is 0.457. The molecule has 0 N–H and O–H groups in total. The largest absolute Gasteiger partial charge is 0.237 e. The predicted molar refractivity (Wildman–Crippen MR) is 215 cm³/mol. The Morgan fingerprint density at radius 3 is 1.19 bits per heavy atom. The lowest BCUT2D eigenvalue weighted by Gasteiger charge is -2.11. The maximum absolute atomic E-state index is 7.76. The van der Waals surface area contributed by atoms with Crippen LogP contribution in [-0.2, 0) is 0 Å². The third kappa shape index (κ3) is 6.47. The van der Waals surface area contributed by atoms with Crippen LogP contribution in [0.25, 0.3) is 95.1 Å². The number of rotatable bonds is 7. The summed E-state index contributed by atoms with van der Waals surface area (Å²) in [5.41, 5.74) is 7.71. The van der Waals surface area contributed by atoms with Gasteiger partial charge >= 0.3 is 0 Å². The minimum atomic E-state index is 0.457. The van der Waals surface area contributed by atoms with Crippen molar-refractivity contribution in [2.45, 2.75) is 0 Å². The number of hydrogen-bond donors (Lipinski definition) is 0. The Hall–Kier alpha value is -7.69. The van der Waals surface area contributed by atoms with E-state index in [4.69, 9.17) is 36.5 Å². The number of fused-ring (bicyclic) bond motifs is 1. The van der Waals surface area contributed by atoms with Crippen molar-refractivity contribution in [3.8, 4) is 79.5 Å². The molecule has 2 heterocycles. The first-order valence-electron chi connectivity index (χ1n) is 17.5. The second-order valence-electron chi connectivity index (χ2n) is 12.7. The maximum atomic E-state index is 7.76. The van der Waals surface area contributed by atoms with Crippen molar-refractivity contribution < 1.29 is 0 Å². The second-order valence-corrected chi connectivity index (χ2v) is 12.7. The van der Waals surface area contributed by atoms with Gasteiger partial charge in [0.05, 0.1) is 6.57 Å². The molecule has 252 valence electrons. The van der Waals surface area contributed by atoms with Crippen LogP contribution >= 0.6 is 0 Å². The molecule has 9 aromatic rings. The van der Waals surface area contributed by atoms with Gasteiger partial charge in [-0.3, -0.25) is 0 Å². The van der Waals surface area contributed by atoms with E-state index < -0.39 is 0 Å². The zero-order valence-corrected chi connectivity index (χ0v) is 28.9. The third-order valence-electron chi connectivity index (χ3n) is 9.23. The van der Waals surface area contributed by atoms with Gasteiger partial charge in [-0.25, -0.2) is 34.7 Å². The van der Waals surface area contributed by atoms with Crippen LogP contribution in [0.1, 0.15) is 0 Å². The van der Waals surface area contributed by atoms with Gasteiger partial charge < -0.3 is 0 Å². The molecule has 0 spiro atoms. The highest BCUT2D eigenvalue weighted by molar-refractivity contribution is 5.87. The van der Waals surface area contributed by atoms with Crippen molar-refractivity contribution in [3.63, 3.8) is 0 Å². The van der Waals surface area contributed by atoms with Gasteiger partial charge in [0.15, 0.2) is 40.6 Å². The van der Waals surface area contributed by atoms with Gasteiger partial charge in [0.2, 0.25) is 0 Å². The molecule has 0 aliphatic heterocycles. The van der Waals surface area contributed by atoms with Crippen molar-refractivity contribution >= 4 is 16.5 Å². The first-order valence-corrected chi connectivity index (χ1v) is 17.5. The summed E-state index contributed by atoms with van der Waals surface area (Å²) in [5, 5.41) is 2.24. The van der Waals surface area contributed by atoms with Crippen LogP contribution in [0, 0.1) is 6.57 Å². The minimum Gasteiger partial charge on any atom is -0.237 e. The highest BCUT2D eigenvalue weighted by Gasteiger charge is 2.16. The van der Waals surface area contributed by atoms with Gasteiger partial charge in [0.1, 0.15) is 0 Å². The normalized spacial score (nSPS) is 10.9. The molecule has 0 aliphatic carbocycles. The van der Waals surface area contributed by atoms with Crippen molar-refractivity contribution in [1.82, 2.24) is 29.9 Å². The lowest BCUT2D eigenvalue weighted by atomic mass is 10.0. The molecule has 0 unspecified atom stereocenters. The first-order chi connectivity index (χ1) is 26.7. The quantitative estimate of drug-likeness (QED) is 0.155. The van der Waals surface area contributed by atoms with Gasteiger partial charge in [-0.1, -0.05) is 170 Å². The van der Waals surface area contributed by atoms with Gasteiger partial charge in [0, 0.05) is 33.4 Å². The number of hydrogen-bond acceptors (Lipinski definition) is 6. The third-order valence-corrected chi connectivity index (χ3v) is 9.23. The molecule has 0 saturated carbocycles. The molecule has 0 atom stereocenters. The molecular weight excluding hydrogens is 663 g/mol. The molecule has 7 aromatic carbocycles. The van der Waals surface area contributed by atoms with E-state index in [0.717, 1.165) is 49.7 Å². The first kappa shape index (κ1) is 32.2. The molecule has 0 fully saturated rings. The lowest BCUT2D eigenvalue weighted by molar-refractivity contribution is 1.07. The van der Waals surface area contributed by atoms with Crippen LogP contribution in [0.3, 0.4) is 0 Å². The fourth-order valence-electron chi connectivity index (χ4n) is 6.40. The summed E-state index contributed by atoms with van der Waals surface area (Å²) < 4.78 is 0. The molecule has 7 nitrogen and oxygen atoms in total. The van der Waals surface area contributed by atoms with Crippen molar-refractivity contribution in [1.29, 1.82) is 0 Å². The van der Waals surface area contributed by atoms with Crippen LogP contribution in [0.2, 0.25) is 0 Å². The lowest BCUT2D eigenvalue weighted by Crippen LogP contribution is -2.00. The van der Waals surface area contributed by atoms with Crippen molar-refractivity contribution in [2.75, 3.05) is 0 Å². The van der Waals surface area contributed by atoms with Gasteiger partial charge in [-0.05, 0) is 28.0 Å². The predicted octanol–water partition coefficient (Wildman–Crippen LogP) is 11.4. The van der Waals surface area contributed by atoms with E-state index in [2.05, 4.69) is 53.4 Å². The zero-order chi connectivity index (χ0) is 36.3. The number of aromatic nitrogens is 6.